The average molecular weight is 517 g/mol. The molecule has 1 atom stereocenters. The third-order valence-electron chi connectivity index (χ3n) is 6.43. The molecule has 9 nitrogen and oxygen atoms in total. The summed E-state index contributed by atoms with van der Waals surface area (Å²) in [6.45, 7) is 3.82. The van der Waals surface area contributed by atoms with Crippen molar-refractivity contribution in [1.29, 1.82) is 0 Å². The number of ether oxygens (including phenoxy) is 2. The number of nitrogens with zero attached hydrogens (tertiary/aromatic N) is 3. The van der Waals surface area contributed by atoms with Crippen molar-refractivity contribution >= 4 is 29.2 Å². The molecule has 10 heteroatoms. The number of anilines is 1. The van der Waals surface area contributed by atoms with Gasteiger partial charge in [0, 0.05) is 18.3 Å². The van der Waals surface area contributed by atoms with Gasteiger partial charge in [0.15, 0.2) is 5.82 Å². The van der Waals surface area contributed by atoms with Crippen LogP contribution in [0, 0.1) is 5.92 Å². The molecule has 36 heavy (non-hydrogen) atoms. The fourth-order valence-corrected chi connectivity index (χ4v) is 5.01. The van der Waals surface area contributed by atoms with Crippen LogP contribution in [0.1, 0.15) is 46.0 Å². The second kappa shape index (κ2) is 10.9. The summed E-state index contributed by atoms with van der Waals surface area (Å²) < 4.78 is 12.7. The van der Waals surface area contributed by atoms with Crippen LogP contribution >= 0.6 is 11.6 Å². The van der Waals surface area contributed by atoms with E-state index in [2.05, 4.69) is 10.4 Å². The Labute approximate surface area is 216 Å². The van der Waals surface area contributed by atoms with Gasteiger partial charge in [-0.3, -0.25) is 14.3 Å². The van der Waals surface area contributed by atoms with Gasteiger partial charge in [-0.25, -0.2) is 0 Å². The third-order valence-corrected chi connectivity index (χ3v) is 6.81. The van der Waals surface area contributed by atoms with E-state index in [-0.39, 0.29) is 24.9 Å². The lowest BCUT2D eigenvalue weighted by Gasteiger charge is -2.29. The third kappa shape index (κ3) is 6.39. The zero-order chi connectivity index (χ0) is 25.9. The maximum absolute atomic E-state index is 13.4. The summed E-state index contributed by atoms with van der Waals surface area (Å²) in [5.74, 6) is 1.44. The Hall–Kier alpha value is -3.04. The van der Waals surface area contributed by atoms with Crippen molar-refractivity contribution in [2.24, 2.45) is 5.92 Å². The highest BCUT2D eigenvalue weighted by molar-refractivity contribution is 6.33. The lowest BCUT2D eigenvalue weighted by molar-refractivity contribution is -0.134. The molecule has 1 aromatic carbocycles. The number of rotatable bonds is 10. The molecule has 2 amide bonds. The summed E-state index contributed by atoms with van der Waals surface area (Å²) in [4.78, 5) is 28.0. The fourth-order valence-electron chi connectivity index (χ4n) is 4.77. The average Bonchev–Trinajstić information content (AvgIpc) is 3.55. The molecule has 0 radical (unpaired) electrons. The van der Waals surface area contributed by atoms with Crippen molar-refractivity contribution in [2.75, 3.05) is 19.0 Å². The van der Waals surface area contributed by atoms with E-state index in [0.29, 0.717) is 40.4 Å². The predicted octanol–water partition coefficient (Wildman–Crippen LogP) is 4.01. The lowest BCUT2D eigenvalue weighted by atomic mass is 9.96. The number of carbonyl (C=O) groups is 2. The lowest BCUT2D eigenvalue weighted by Crippen LogP contribution is -2.46. The number of amides is 2. The number of nitrogens with one attached hydrogen (secondary N) is 1. The molecular weight excluding hydrogens is 484 g/mol. The summed E-state index contributed by atoms with van der Waals surface area (Å²) in [7, 11) is 1.52. The first-order chi connectivity index (χ1) is 17.1. The van der Waals surface area contributed by atoms with Gasteiger partial charge in [0.25, 0.3) is 5.91 Å². The summed E-state index contributed by atoms with van der Waals surface area (Å²) in [6, 6.07) is 6.19. The van der Waals surface area contributed by atoms with E-state index >= 15 is 0 Å². The standard InChI is InChI=1S/C26H33ClN4O5/c1-26(2,34)16-30-12-11-22(29-30)28-25(33)19(13-17-7-4-5-8-17)31-15-18(14-23(31)32)36-21-10-6-9-20(35-3)24(21)27/h6,9-12,14,17,19,34H,4-5,7-8,13,15-16H2,1-3H3,(H,28,29,33). The highest BCUT2D eigenvalue weighted by Crippen LogP contribution is 2.36. The number of methoxy groups -OCH3 is 1. The largest absolute Gasteiger partial charge is 0.495 e. The van der Waals surface area contributed by atoms with Crippen LogP contribution in [-0.2, 0) is 16.1 Å². The fraction of sp³-hybridized carbons (Fsp3) is 0.500. The number of hydrogen-bond donors (Lipinski definition) is 2. The normalized spacial score (nSPS) is 17.3. The van der Waals surface area contributed by atoms with Crippen molar-refractivity contribution in [2.45, 2.75) is 64.1 Å². The predicted molar refractivity (Wildman–Crippen MR) is 136 cm³/mol. The minimum atomic E-state index is -0.936. The topological polar surface area (TPSA) is 106 Å². The summed E-state index contributed by atoms with van der Waals surface area (Å²) in [5, 5.41) is 17.6. The van der Waals surface area contributed by atoms with E-state index < -0.39 is 11.6 Å². The molecule has 1 saturated carbocycles. The van der Waals surface area contributed by atoms with Gasteiger partial charge in [-0.2, -0.15) is 5.10 Å². The Kier molecular flexibility index (Phi) is 7.90. The van der Waals surface area contributed by atoms with Crippen LogP contribution in [-0.4, -0.2) is 56.9 Å². The first-order valence-electron chi connectivity index (χ1n) is 12.2. The smallest absolute Gasteiger partial charge is 0.251 e. The van der Waals surface area contributed by atoms with Crippen LogP contribution in [0.2, 0.25) is 5.02 Å². The Bertz CT molecular complexity index is 1130. The molecule has 1 aromatic heterocycles. The first-order valence-corrected chi connectivity index (χ1v) is 12.6. The Balaban J connectivity index is 1.48. The monoisotopic (exact) mass is 516 g/mol. The number of hydrogen-bond acceptors (Lipinski definition) is 6. The second-order valence-corrected chi connectivity index (χ2v) is 10.4. The van der Waals surface area contributed by atoms with Gasteiger partial charge in [0.1, 0.15) is 28.3 Å². The van der Waals surface area contributed by atoms with Crippen LogP contribution in [0.15, 0.2) is 42.3 Å². The molecule has 2 aromatic rings. The highest BCUT2D eigenvalue weighted by Gasteiger charge is 2.37. The van der Waals surface area contributed by atoms with Crippen molar-refractivity contribution in [3.8, 4) is 11.5 Å². The number of benzene rings is 1. The highest BCUT2D eigenvalue weighted by atomic mass is 35.5. The molecule has 0 spiro atoms. The molecule has 194 valence electrons. The van der Waals surface area contributed by atoms with E-state index in [1.807, 2.05) is 0 Å². The van der Waals surface area contributed by atoms with Gasteiger partial charge >= 0.3 is 0 Å². The molecule has 4 rings (SSSR count). The molecule has 0 bridgehead atoms. The molecule has 0 saturated heterocycles. The van der Waals surface area contributed by atoms with Crippen LogP contribution in [0.5, 0.6) is 11.5 Å². The zero-order valence-electron chi connectivity index (χ0n) is 20.9. The maximum Gasteiger partial charge on any atom is 0.251 e. The van der Waals surface area contributed by atoms with Crippen molar-refractivity contribution in [3.63, 3.8) is 0 Å². The van der Waals surface area contributed by atoms with Gasteiger partial charge < -0.3 is 24.8 Å². The minimum Gasteiger partial charge on any atom is -0.495 e. The SMILES string of the molecule is COc1cccc(OC2=CC(=O)N(C(CC3CCCC3)C(=O)Nc3ccn(CC(C)(C)O)n3)C2)c1Cl. The number of aliphatic hydroxyl groups is 1. The van der Waals surface area contributed by atoms with E-state index in [1.165, 1.54) is 13.2 Å². The molecule has 1 aliphatic carbocycles. The summed E-state index contributed by atoms with van der Waals surface area (Å²) in [6.07, 6.45) is 8.03. The Morgan fingerprint density at radius 1 is 1.28 bits per heavy atom. The number of halogens is 1. The van der Waals surface area contributed by atoms with Crippen molar-refractivity contribution < 1.29 is 24.2 Å². The van der Waals surface area contributed by atoms with Crippen LogP contribution in [0.25, 0.3) is 0 Å². The quantitative estimate of drug-likeness (QED) is 0.494. The molecule has 1 fully saturated rings. The molecule has 2 heterocycles. The molecule has 2 N–H and O–H groups in total. The Morgan fingerprint density at radius 3 is 2.69 bits per heavy atom. The van der Waals surface area contributed by atoms with Gasteiger partial charge in [-0.1, -0.05) is 43.4 Å². The maximum atomic E-state index is 13.4. The van der Waals surface area contributed by atoms with E-state index in [0.717, 1.165) is 25.7 Å². The van der Waals surface area contributed by atoms with Crippen molar-refractivity contribution in [1.82, 2.24) is 14.7 Å². The molecule has 1 aliphatic heterocycles. The summed E-state index contributed by atoms with van der Waals surface area (Å²) in [5.41, 5.74) is -0.936. The second-order valence-electron chi connectivity index (χ2n) is 10.1. The van der Waals surface area contributed by atoms with Gasteiger partial charge in [0.2, 0.25) is 5.91 Å². The Morgan fingerprint density at radius 2 is 2.00 bits per heavy atom. The number of aromatic nitrogens is 2. The number of carbonyl (C=O) groups excluding carboxylic acids is 2. The van der Waals surface area contributed by atoms with Gasteiger partial charge in [-0.05, 0) is 38.3 Å². The van der Waals surface area contributed by atoms with E-state index in [1.54, 1.807) is 53.9 Å². The van der Waals surface area contributed by atoms with Crippen molar-refractivity contribution in [3.05, 3.63) is 47.3 Å². The molecule has 2 aliphatic rings. The molecule has 1 unspecified atom stereocenters. The van der Waals surface area contributed by atoms with Crippen LogP contribution in [0.3, 0.4) is 0 Å². The minimum absolute atomic E-state index is 0.157. The van der Waals surface area contributed by atoms with Crippen LogP contribution < -0.4 is 14.8 Å². The summed E-state index contributed by atoms with van der Waals surface area (Å²) >= 11 is 6.35. The van der Waals surface area contributed by atoms with Gasteiger partial charge in [-0.15, -0.1) is 0 Å². The van der Waals surface area contributed by atoms with E-state index in [4.69, 9.17) is 21.1 Å². The zero-order valence-corrected chi connectivity index (χ0v) is 21.6. The van der Waals surface area contributed by atoms with Gasteiger partial charge in [0.05, 0.1) is 25.8 Å². The molecular formula is C26H33ClN4O5. The van der Waals surface area contributed by atoms with Crippen LogP contribution in [0.4, 0.5) is 5.82 Å². The first kappa shape index (κ1) is 26.0. The van der Waals surface area contributed by atoms with E-state index in [9.17, 15) is 14.7 Å².